The van der Waals surface area contributed by atoms with Crippen LogP contribution in [0.15, 0.2) is 34.2 Å². The predicted octanol–water partition coefficient (Wildman–Crippen LogP) is 4.53. The van der Waals surface area contributed by atoms with Crippen molar-refractivity contribution in [3.63, 3.8) is 0 Å². The standard InChI is InChI=1S/C20H23ClN4O2S/c1-4-5-8-25-19(27)18-16(10-13(3)22-18)24-20(25)28-11-17(26)23-15-7-6-12(2)9-14(15)21/h6-7,9-10,22H,4-5,8,11H2,1-3H3,(H,23,26). The third kappa shape index (κ3) is 4.59. The lowest BCUT2D eigenvalue weighted by Crippen LogP contribution is -2.24. The Kier molecular flexibility index (Phi) is 6.46. The maximum absolute atomic E-state index is 12.8. The molecule has 0 atom stereocenters. The molecule has 3 aromatic rings. The van der Waals surface area contributed by atoms with Gasteiger partial charge in [0.2, 0.25) is 5.91 Å². The molecule has 0 saturated carbocycles. The van der Waals surface area contributed by atoms with Crippen molar-refractivity contribution in [3.05, 3.63) is 50.9 Å². The molecule has 2 aromatic heterocycles. The summed E-state index contributed by atoms with van der Waals surface area (Å²) in [6.07, 6.45) is 1.83. The van der Waals surface area contributed by atoms with Crippen molar-refractivity contribution in [2.75, 3.05) is 11.1 Å². The quantitative estimate of drug-likeness (QED) is 0.436. The Morgan fingerprint density at radius 1 is 1.32 bits per heavy atom. The fraction of sp³-hybridized carbons (Fsp3) is 0.350. The molecule has 2 N–H and O–H groups in total. The van der Waals surface area contributed by atoms with Gasteiger partial charge in [-0.2, -0.15) is 0 Å². The molecule has 0 saturated heterocycles. The Balaban J connectivity index is 1.80. The highest BCUT2D eigenvalue weighted by atomic mass is 35.5. The number of unbranched alkanes of at least 4 members (excludes halogenated alkanes) is 1. The number of aromatic amines is 1. The average Bonchev–Trinajstić information content (AvgIpc) is 3.02. The first-order valence-corrected chi connectivity index (χ1v) is 10.5. The van der Waals surface area contributed by atoms with Gasteiger partial charge in [-0.15, -0.1) is 0 Å². The Hall–Kier alpha value is -2.25. The molecule has 0 radical (unpaired) electrons. The van der Waals surface area contributed by atoms with Gasteiger partial charge in [0.25, 0.3) is 5.56 Å². The van der Waals surface area contributed by atoms with Crippen LogP contribution in [-0.4, -0.2) is 26.2 Å². The van der Waals surface area contributed by atoms with E-state index in [1.807, 2.05) is 26.0 Å². The minimum Gasteiger partial charge on any atom is -0.353 e. The fourth-order valence-corrected chi connectivity index (χ4v) is 3.98. The van der Waals surface area contributed by atoms with Gasteiger partial charge in [-0.3, -0.25) is 14.2 Å². The molecule has 148 valence electrons. The SMILES string of the molecule is CCCCn1c(SCC(=O)Nc2ccc(C)cc2Cl)nc2cc(C)[nH]c2c1=O. The molecule has 0 spiro atoms. The molecule has 0 unspecified atom stereocenters. The Morgan fingerprint density at radius 2 is 2.11 bits per heavy atom. The van der Waals surface area contributed by atoms with Gasteiger partial charge in [0, 0.05) is 12.2 Å². The van der Waals surface area contributed by atoms with Crippen LogP contribution >= 0.6 is 23.4 Å². The largest absolute Gasteiger partial charge is 0.353 e. The van der Waals surface area contributed by atoms with Gasteiger partial charge in [0.05, 0.1) is 22.0 Å². The zero-order chi connectivity index (χ0) is 20.3. The van der Waals surface area contributed by atoms with Crippen LogP contribution in [0, 0.1) is 13.8 Å². The minimum atomic E-state index is -0.197. The molecule has 1 amide bonds. The lowest BCUT2D eigenvalue weighted by atomic mass is 10.2. The second-order valence-electron chi connectivity index (χ2n) is 6.74. The zero-order valence-electron chi connectivity index (χ0n) is 16.1. The summed E-state index contributed by atoms with van der Waals surface area (Å²) in [5.41, 5.74) is 3.52. The number of carbonyl (C=O) groups excluding carboxylic acids is 1. The Labute approximate surface area is 172 Å². The van der Waals surface area contributed by atoms with E-state index in [-0.39, 0.29) is 17.2 Å². The number of hydrogen-bond acceptors (Lipinski definition) is 4. The van der Waals surface area contributed by atoms with Crippen LogP contribution in [0.25, 0.3) is 11.0 Å². The van der Waals surface area contributed by atoms with Crippen LogP contribution in [0.4, 0.5) is 5.69 Å². The van der Waals surface area contributed by atoms with E-state index in [0.29, 0.717) is 33.4 Å². The molecule has 1 aromatic carbocycles. The molecule has 28 heavy (non-hydrogen) atoms. The maximum Gasteiger partial charge on any atom is 0.278 e. The van der Waals surface area contributed by atoms with Crippen LogP contribution in [0.3, 0.4) is 0 Å². The van der Waals surface area contributed by atoms with Crippen LogP contribution < -0.4 is 10.9 Å². The molecule has 0 fully saturated rings. The van der Waals surface area contributed by atoms with Crippen molar-refractivity contribution in [1.29, 1.82) is 0 Å². The number of amides is 1. The minimum absolute atomic E-state index is 0.101. The van der Waals surface area contributed by atoms with Crippen molar-refractivity contribution in [2.24, 2.45) is 0 Å². The number of aryl methyl sites for hydroxylation is 2. The molecule has 0 aliphatic heterocycles. The Morgan fingerprint density at radius 3 is 2.82 bits per heavy atom. The lowest BCUT2D eigenvalue weighted by molar-refractivity contribution is -0.113. The van der Waals surface area contributed by atoms with E-state index in [0.717, 1.165) is 24.1 Å². The van der Waals surface area contributed by atoms with Gasteiger partial charge in [-0.05, 0) is 44.0 Å². The van der Waals surface area contributed by atoms with E-state index in [1.165, 1.54) is 11.8 Å². The normalized spacial score (nSPS) is 11.1. The van der Waals surface area contributed by atoms with Gasteiger partial charge in [0.15, 0.2) is 5.16 Å². The molecular formula is C20H23ClN4O2S. The lowest BCUT2D eigenvalue weighted by Gasteiger charge is -2.12. The van der Waals surface area contributed by atoms with E-state index < -0.39 is 0 Å². The molecular weight excluding hydrogens is 396 g/mol. The van der Waals surface area contributed by atoms with Gasteiger partial charge >= 0.3 is 0 Å². The fourth-order valence-electron chi connectivity index (χ4n) is 2.87. The van der Waals surface area contributed by atoms with E-state index in [9.17, 15) is 9.59 Å². The average molecular weight is 419 g/mol. The van der Waals surface area contributed by atoms with Crippen molar-refractivity contribution in [2.45, 2.75) is 45.3 Å². The first-order chi connectivity index (χ1) is 13.4. The number of nitrogens with one attached hydrogen (secondary N) is 2. The zero-order valence-corrected chi connectivity index (χ0v) is 17.7. The first-order valence-electron chi connectivity index (χ1n) is 9.18. The van der Waals surface area contributed by atoms with E-state index in [1.54, 1.807) is 16.7 Å². The summed E-state index contributed by atoms with van der Waals surface area (Å²) in [6.45, 7) is 6.47. The van der Waals surface area contributed by atoms with Crippen LogP contribution in [0.5, 0.6) is 0 Å². The monoisotopic (exact) mass is 418 g/mol. The molecule has 0 bridgehead atoms. The number of hydrogen-bond donors (Lipinski definition) is 2. The predicted molar refractivity (Wildman–Crippen MR) is 116 cm³/mol. The molecule has 2 heterocycles. The number of H-pyrrole nitrogens is 1. The summed E-state index contributed by atoms with van der Waals surface area (Å²) in [4.78, 5) is 32.9. The van der Waals surface area contributed by atoms with Crippen LogP contribution in [0.2, 0.25) is 5.02 Å². The van der Waals surface area contributed by atoms with Crippen LogP contribution in [-0.2, 0) is 11.3 Å². The van der Waals surface area contributed by atoms with Gasteiger partial charge in [-0.1, -0.05) is 42.8 Å². The van der Waals surface area contributed by atoms with E-state index in [2.05, 4.69) is 22.2 Å². The third-order valence-electron chi connectivity index (χ3n) is 4.30. The highest BCUT2D eigenvalue weighted by Crippen LogP contribution is 2.24. The van der Waals surface area contributed by atoms with Crippen molar-refractivity contribution < 1.29 is 4.79 Å². The molecule has 0 aliphatic carbocycles. The summed E-state index contributed by atoms with van der Waals surface area (Å²) in [5.74, 6) is -0.0603. The number of carbonyl (C=O) groups is 1. The van der Waals surface area contributed by atoms with Gasteiger partial charge in [-0.25, -0.2) is 4.98 Å². The summed E-state index contributed by atoms with van der Waals surface area (Å²) in [6, 6.07) is 7.32. The topological polar surface area (TPSA) is 79.8 Å². The summed E-state index contributed by atoms with van der Waals surface area (Å²) in [5, 5.41) is 3.86. The summed E-state index contributed by atoms with van der Waals surface area (Å²) in [7, 11) is 0. The number of halogens is 1. The van der Waals surface area contributed by atoms with Gasteiger partial charge in [0.1, 0.15) is 5.52 Å². The second-order valence-corrected chi connectivity index (χ2v) is 8.09. The van der Waals surface area contributed by atoms with Gasteiger partial charge < -0.3 is 10.3 Å². The van der Waals surface area contributed by atoms with Crippen molar-refractivity contribution in [3.8, 4) is 0 Å². The number of rotatable bonds is 7. The van der Waals surface area contributed by atoms with E-state index in [4.69, 9.17) is 11.6 Å². The summed E-state index contributed by atoms with van der Waals surface area (Å²) >= 11 is 7.43. The van der Waals surface area contributed by atoms with Crippen LogP contribution in [0.1, 0.15) is 31.0 Å². The summed E-state index contributed by atoms with van der Waals surface area (Å²) < 4.78 is 1.65. The molecule has 8 heteroatoms. The number of fused-ring (bicyclic) bond motifs is 1. The number of thioether (sulfide) groups is 1. The molecule has 6 nitrogen and oxygen atoms in total. The van der Waals surface area contributed by atoms with Crippen molar-refractivity contribution in [1.82, 2.24) is 14.5 Å². The number of benzene rings is 1. The highest BCUT2D eigenvalue weighted by Gasteiger charge is 2.15. The highest BCUT2D eigenvalue weighted by molar-refractivity contribution is 7.99. The number of aromatic nitrogens is 3. The number of nitrogens with zero attached hydrogens (tertiary/aromatic N) is 2. The first kappa shape index (κ1) is 20.5. The van der Waals surface area contributed by atoms with E-state index >= 15 is 0 Å². The molecule has 0 aliphatic rings. The molecule has 3 rings (SSSR count). The number of anilines is 1. The Bertz CT molecular complexity index is 1070. The third-order valence-corrected chi connectivity index (χ3v) is 5.59. The smallest absolute Gasteiger partial charge is 0.278 e. The second kappa shape index (κ2) is 8.84. The van der Waals surface area contributed by atoms with Crippen molar-refractivity contribution >= 4 is 46.0 Å². The maximum atomic E-state index is 12.8.